The molecule has 0 amide bonds. The van der Waals surface area contributed by atoms with Gasteiger partial charge in [0.15, 0.2) is 0 Å². The molecule has 2 atom stereocenters. The van der Waals surface area contributed by atoms with Crippen LogP contribution in [0.3, 0.4) is 0 Å². The number of nitrogens with one attached hydrogen (secondary N) is 1. The molecule has 0 saturated heterocycles. The van der Waals surface area contributed by atoms with Gasteiger partial charge in [-0.2, -0.15) is 0 Å². The van der Waals surface area contributed by atoms with Crippen molar-refractivity contribution in [3.63, 3.8) is 0 Å². The third-order valence-corrected chi connectivity index (χ3v) is 3.60. The van der Waals surface area contributed by atoms with Gasteiger partial charge < -0.3 is 5.32 Å². The van der Waals surface area contributed by atoms with Crippen molar-refractivity contribution in [2.24, 2.45) is 0 Å². The normalized spacial score (nSPS) is 14.8. The predicted octanol–water partition coefficient (Wildman–Crippen LogP) is 2.44. The lowest BCUT2D eigenvalue weighted by Crippen LogP contribution is -2.30. The lowest BCUT2D eigenvalue weighted by atomic mass is 10.2. The largest absolute Gasteiger partial charge is 0.309 e. The quantitative estimate of drug-likeness (QED) is 0.905. The Morgan fingerprint density at radius 3 is 2.81 bits per heavy atom. The van der Waals surface area contributed by atoms with E-state index in [0.717, 1.165) is 4.47 Å². The molecule has 1 aromatic carbocycles. The molecule has 0 aliphatic heterocycles. The van der Waals surface area contributed by atoms with Gasteiger partial charge >= 0.3 is 0 Å². The summed E-state index contributed by atoms with van der Waals surface area (Å²) in [6, 6.07) is 5.11. The van der Waals surface area contributed by atoms with Crippen LogP contribution in [-0.4, -0.2) is 22.3 Å². The van der Waals surface area contributed by atoms with Crippen LogP contribution in [0, 0.1) is 5.82 Å². The molecule has 2 unspecified atom stereocenters. The number of hydrogen-bond acceptors (Lipinski definition) is 2. The van der Waals surface area contributed by atoms with Crippen molar-refractivity contribution in [2.75, 3.05) is 12.0 Å². The van der Waals surface area contributed by atoms with Crippen LogP contribution in [0.1, 0.15) is 12.5 Å². The van der Waals surface area contributed by atoms with Gasteiger partial charge in [0.05, 0.1) is 0 Å². The van der Waals surface area contributed by atoms with E-state index in [-0.39, 0.29) is 11.9 Å². The van der Waals surface area contributed by atoms with Crippen LogP contribution in [0.4, 0.5) is 4.39 Å². The van der Waals surface area contributed by atoms with Gasteiger partial charge in [0.2, 0.25) is 0 Å². The van der Waals surface area contributed by atoms with Gasteiger partial charge in [-0.1, -0.05) is 22.0 Å². The topological polar surface area (TPSA) is 29.1 Å². The maximum atomic E-state index is 13.4. The highest BCUT2D eigenvalue weighted by Gasteiger charge is 2.06. The fourth-order valence-corrected chi connectivity index (χ4v) is 2.52. The Kier molecular flexibility index (Phi) is 5.58. The highest BCUT2D eigenvalue weighted by atomic mass is 79.9. The minimum absolute atomic E-state index is 0.119. The Labute approximate surface area is 106 Å². The zero-order valence-electron chi connectivity index (χ0n) is 9.30. The second-order valence-electron chi connectivity index (χ2n) is 3.76. The van der Waals surface area contributed by atoms with E-state index < -0.39 is 10.8 Å². The predicted molar refractivity (Wildman–Crippen MR) is 69.3 cm³/mol. The first-order chi connectivity index (χ1) is 7.49. The Morgan fingerprint density at radius 1 is 1.56 bits per heavy atom. The molecule has 0 heterocycles. The van der Waals surface area contributed by atoms with Crippen molar-refractivity contribution in [3.8, 4) is 0 Å². The summed E-state index contributed by atoms with van der Waals surface area (Å²) in [7, 11) is -0.826. The molecule has 16 heavy (non-hydrogen) atoms. The minimum Gasteiger partial charge on any atom is -0.309 e. The van der Waals surface area contributed by atoms with Crippen molar-refractivity contribution < 1.29 is 8.60 Å². The summed E-state index contributed by atoms with van der Waals surface area (Å²) in [6.07, 6.45) is 1.67. The highest BCUT2D eigenvalue weighted by Crippen LogP contribution is 2.15. The SMILES string of the molecule is CC(CS(C)=O)NCc1ccc(Br)cc1F. The molecule has 0 radical (unpaired) electrons. The zero-order chi connectivity index (χ0) is 12.1. The molecule has 0 aromatic heterocycles. The second-order valence-corrected chi connectivity index (χ2v) is 6.15. The molecule has 0 spiro atoms. The average molecular weight is 308 g/mol. The van der Waals surface area contributed by atoms with E-state index in [1.54, 1.807) is 12.3 Å². The van der Waals surface area contributed by atoms with Crippen molar-refractivity contribution in [3.05, 3.63) is 34.1 Å². The van der Waals surface area contributed by atoms with E-state index in [1.807, 2.05) is 13.0 Å². The Balaban J connectivity index is 2.51. The molecule has 0 saturated carbocycles. The molecule has 2 nitrogen and oxygen atoms in total. The van der Waals surface area contributed by atoms with Crippen molar-refractivity contribution >= 4 is 26.7 Å². The third-order valence-electron chi connectivity index (χ3n) is 2.14. The summed E-state index contributed by atoms with van der Waals surface area (Å²) in [4.78, 5) is 0. The van der Waals surface area contributed by atoms with Gasteiger partial charge in [-0.3, -0.25) is 4.21 Å². The van der Waals surface area contributed by atoms with E-state index in [4.69, 9.17) is 0 Å². The third kappa shape index (κ3) is 4.72. The van der Waals surface area contributed by atoms with Crippen LogP contribution in [0.15, 0.2) is 22.7 Å². The summed E-state index contributed by atoms with van der Waals surface area (Å²) in [5.74, 6) is 0.352. The molecule has 1 aromatic rings. The van der Waals surface area contributed by atoms with E-state index in [1.165, 1.54) is 6.07 Å². The minimum atomic E-state index is -0.826. The van der Waals surface area contributed by atoms with Gasteiger partial charge in [-0.25, -0.2) is 4.39 Å². The fourth-order valence-electron chi connectivity index (χ4n) is 1.36. The summed E-state index contributed by atoms with van der Waals surface area (Å²) >= 11 is 3.21. The zero-order valence-corrected chi connectivity index (χ0v) is 11.7. The van der Waals surface area contributed by atoms with Gasteiger partial charge in [-0.05, 0) is 19.1 Å². The summed E-state index contributed by atoms with van der Waals surface area (Å²) in [5.41, 5.74) is 0.622. The fraction of sp³-hybridized carbons (Fsp3) is 0.455. The molecule has 1 N–H and O–H groups in total. The van der Waals surface area contributed by atoms with Gasteiger partial charge in [0, 0.05) is 45.4 Å². The molecule has 0 aliphatic rings. The molecule has 1 rings (SSSR count). The highest BCUT2D eigenvalue weighted by molar-refractivity contribution is 9.10. The van der Waals surface area contributed by atoms with Crippen LogP contribution < -0.4 is 5.32 Å². The van der Waals surface area contributed by atoms with Crippen LogP contribution in [-0.2, 0) is 17.3 Å². The molecule has 0 aliphatic carbocycles. The van der Waals surface area contributed by atoms with Gasteiger partial charge in [0.25, 0.3) is 0 Å². The summed E-state index contributed by atoms with van der Waals surface area (Å²) < 4.78 is 25.1. The van der Waals surface area contributed by atoms with E-state index in [9.17, 15) is 8.60 Å². The summed E-state index contributed by atoms with van der Waals surface area (Å²) in [5, 5.41) is 3.14. The maximum absolute atomic E-state index is 13.4. The van der Waals surface area contributed by atoms with Crippen molar-refractivity contribution in [1.82, 2.24) is 5.32 Å². The number of rotatable bonds is 5. The molecule has 0 fully saturated rings. The van der Waals surface area contributed by atoms with Gasteiger partial charge in [0.1, 0.15) is 5.82 Å². The Hall–Kier alpha value is -0.260. The molecule has 5 heteroatoms. The van der Waals surface area contributed by atoms with Crippen LogP contribution >= 0.6 is 15.9 Å². The first-order valence-electron chi connectivity index (χ1n) is 4.96. The van der Waals surface area contributed by atoms with Crippen molar-refractivity contribution in [1.29, 1.82) is 0 Å². The van der Waals surface area contributed by atoms with Crippen LogP contribution in [0.5, 0.6) is 0 Å². The molecule has 0 bridgehead atoms. The molecule has 90 valence electrons. The van der Waals surface area contributed by atoms with Crippen molar-refractivity contribution in [2.45, 2.75) is 19.5 Å². The standard InChI is InChI=1S/C11H15BrFNOS/c1-8(7-16(2)15)14-6-9-3-4-10(12)5-11(9)13/h3-5,8,14H,6-7H2,1-2H3. The Morgan fingerprint density at radius 2 is 2.25 bits per heavy atom. The summed E-state index contributed by atoms with van der Waals surface area (Å²) in [6.45, 7) is 2.40. The number of hydrogen-bond donors (Lipinski definition) is 1. The van der Waals surface area contributed by atoms with Gasteiger partial charge in [-0.15, -0.1) is 0 Å². The molecular formula is C11H15BrFNOS. The van der Waals surface area contributed by atoms with Crippen LogP contribution in [0.2, 0.25) is 0 Å². The van der Waals surface area contributed by atoms with E-state index >= 15 is 0 Å². The van der Waals surface area contributed by atoms with Crippen LogP contribution in [0.25, 0.3) is 0 Å². The number of halogens is 2. The second kappa shape index (κ2) is 6.47. The number of benzene rings is 1. The monoisotopic (exact) mass is 307 g/mol. The smallest absolute Gasteiger partial charge is 0.128 e. The first kappa shape index (κ1) is 13.8. The lowest BCUT2D eigenvalue weighted by molar-refractivity contribution is 0.553. The van der Waals surface area contributed by atoms with E-state index in [2.05, 4.69) is 21.2 Å². The molecular weight excluding hydrogens is 293 g/mol. The Bertz CT molecular complexity index is 386. The first-order valence-corrected chi connectivity index (χ1v) is 7.48. The van der Waals surface area contributed by atoms with E-state index in [0.29, 0.717) is 17.9 Å². The maximum Gasteiger partial charge on any atom is 0.128 e. The average Bonchev–Trinajstić information content (AvgIpc) is 2.15. The lowest BCUT2D eigenvalue weighted by Gasteiger charge is -2.12.